The Labute approximate surface area is 113 Å². The summed E-state index contributed by atoms with van der Waals surface area (Å²) in [5, 5.41) is 3.42. The maximum Gasteiger partial charge on any atom is 0.175 e. The van der Waals surface area contributed by atoms with Gasteiger partial charge in [-0.25, -0.2) is 8.42 Å². The third kappa shape index (κ3) is 2.29. The maximum atomic E-state index is 11.6. The molecule has 98 valence electrons. The van der Waals surface area contributed by atoms with Crippen LogP contribution in [0, 0.1) is 0 Å². The molecule has 1 unspecified atom stereocenters. The van der Waals surface area contributed by atoms with Crippen LogP contribution in [-0.2, 0) is 16.4 Å². The molecule has 1 N–H and O–H groups in total. The normalized spacial score (nSPS) is 18.3. The van der Waals surface area contributed by atoms with Crippen molar-refractivity contribution in [1.82, 2.24) is 5.32 Å². The second kappa shape index (κ2) is 4.47. The lowest BCUT2D eigenvalue weighted by atomic mass is 9.99. The quantitative estimate of drug-likeness (QED) is 0.913. The van der Waals surface area contributed by atoms with Crippen LogP contribution in [0.2, 0.25) is 0 Å². The van der Waals surface area contributed by atoms with Gasteiger partial charge in [-0.1, -0.05) is 36.4 Å². The van der Waals surface area contributed by atoms with E-state index < -0.39 is 9.84 Å². The summed E-state index contributed by atoms with van der Waals surface area (Å²) < 4.78 is 23.3. The molecule has 1 atom stereocenters. The minimum Gasteiger partial charge on any atom is -0.302 e. The van der Waals surface area contributed by atoms with Crippen molar-refractivity contribution >= 4 is 9.84 Å². The molecule has 19 heavy (non-hydrogen) atoms. The van der Waals surface area contributed by atoms with Crippen LogP contribution in [0.3, 0.4) is 0 Å². The average Bonchev–Trinajstić information content (AvgIpc) is 2.82. The third-order valence-corrected chi connectivity index (χ3v) is 4.59. The molecular formula is C15H15NO2S. The van der Waals surface area contributed by atoms with Crippen molar-refractivity contribution in [3.05, 3.63) is 65.2 Å². The van der Waals surface area contributed by atoms with E-state index >= 15 is 0 Å². The van der Waals surface area contributed by atoms with Gasteiger partial charge in [0.2, 0.25) is 0 Å². The van der Waals surface area contributed by atoms with E-state index in [1.165, 1.54) is 17.4 Å². The number of sulfone groups is 1. The van der Waals surface area contributed by atoms with Crippen LogP contribution in [0.15, 0.2) is 53.4 Å². The van der Waals surface area contributed by atoms with Gasteiger partial charge in [0.1, 0.15) is 0 Å². The molecule has 0 radical (unpaired) electrons. The molecule has 0 bridgehead atoms. The monoisotopic (exact) mass is 273 g/mol. The van der Waals surface area contributed by atoms with Gasteiger partial charge in [0.05, 0.1) is 10.9 Å². The van der Waals surface area contributed by atoms with Gasteiger partial charge in [0.15, 0.2) is 9.84 Å². The molecule has 2 aromatic carbocycles. The third-order valence-electron chi connectivity index (χ3n) is 3.48. The molecule has 3 nitrogen and oxygen atoms in total. The first-order chi connectivity index (χ1) is 9.05. The van der Waals surface area contributed by atoms with Crippen LogP contribution in [0.5, 0.6) is 0 Å². The predicted molar refractivity (Wildman–Crippen MR) is 74.7 cm³/mol. The number of fused-ring (bicyclic) bond motifs is 1. The molecule has 0 saturated heterocycles. The van der Waals surface area contributed by atoms with E-state index in [0.29, 0.717) is 4.90 Å². The van der Waals surface area contributed by atoms with Crippen molar-refractivity contribution in [3.8, 4) is 0 Å². The van der Waals surface area contributed by atoms with E-state index in [4.69, 9.17) is 0 Å². The Balaban J connectivity index is 2.06. The van der Waals surface area contributed by atoms with Crippen LogP contribution < -0.4 is 5.32 Å². The summed E-state index contributed by atoms with van der Waals surface area (Å²) in [7, 11) is -3.16. The number of benzene rings is 2. The molecule has 0 amide bonds. The smallest absolute Gasteiger partial charge is 0.175 e. The van der Waals surface area contributed by atoms with Crippen LogP contribution >= 0.6 is 0 Å². The van der Waals surface area contributed by atoms with Crippen molar-refractivity contribution in [3.63, 3.8) is 0 Å². The highest BCUT2D eigenvalue weighted by molar-refractivity contribution is 7.90. The van der Waals surface area contributed by atoms with Gasteiger partial charge < -0.3 is 5.32 Å². The molecule has 0 saturated carbocycles. The lowest BCUT2D eigenvalue weighted by molar-refractivity contribution is 0.601. The second-order valence-electron chi connectivity index (χ2n) is 4.86. The van der Waals surface area contributed by atoms with Crippen LogP contribution in [0.1, 0.15) is 22.7 Å². The zero-order valence-electron chi connectivity index (χ0n) is 10.6. The molecule has 2 aromatic rings. The highest BCUT2D eigenvalue weighted by Crippen LogP contribution is 2.31. The van der Waals surface area contributed by atoms with Crippen molar-refractivity contribution < 1.29 is 8.42 Å². The Morgan fingerprint density at radius 3 is 2.68 bits per heavy atom. The zero-order valence-corrected chi connectivity index (χ0v) is 11.4. The van der Waals surface area contributed by atoms with Crippen molar-refractivity contribution in [2.24, 2.45) is 0 Å². The van der Waals surface area contributed by atoms with Gasteiger partial charge in [-0.05, 0) is 28.8 Å². The van der Waals surface area contributed by atoms with Gasteiger partial charge >= 0.3 is 0 Å². The van der Waals surface area contributed by atoms with E-state index in [1.807, 2.05) is 18.2 Å². The van der Waals surface area contributed by atoms with E-state index in [0.717, 1.165) is 12.1 Å². The van der Waals surface area contributed by atoms with Gasteiger partial charge in [0, 0.05) is 12.8 Å². The van der Waals surface area contributed by atoms with Crippen molar-refractivity contribution in [2.75, 3.05) is 6.26 Å². The van der Waals surface area contributed by atoms with Crippen molar-refractivity contribution in [2.45, 2.75) is 17.5 Å². The van der Waals surface area contributed by atoms with Crippen molar-refractivity contribution in [1.29, 1.82) is 0 Å². The number of hydrogen-bond donors (Lipinski definition) is 1. The molecule has 0 aromatic heterocycles. The number of hydrogen-bond acceptors (Lipinski definition) is 3. The Kier molecular flexibility index (Phi) is 2.92. The van der Waals surface area contributed by atoms with E-state index in [9.17, 15) is 8.42 Å². The average molecular weight is 273 g/mol. The lowest BCUT2D eigenvalue weighted by Crippen LogP contribution is -2.13. The molecule has 0 spiro atoms. The summed E-state index contributed by atoms with van der Waals surface area (Å²) in [5.41, 5.74) is 3.50. The zero-order chi connectivity index (χ0) is 13.5. The number of rotatable bonds is 2. The molecule has 0 fully saturated rings. The highest BCUT2D eigenvalue weighted by Gasteiger charge is 2.23. The summed E-state index contributed by atoms with van der Waals surface area (Å²) in [6.45, 7) is 0.823. The SMILES string of the molecule is CS(=O)(=O)c1cccc(C2NCc3ccccc32)c1. The highest BCUT2D eigenvalue weighted by atomic mass is 32.2. The van der Waals surface area contributed by atoms with E-state index in [-0.39, 0.29) is 6.04 Å². The minimum absolute atomic E-state index is 0.0814. The van der Waals surface area contributed by atoms with E-state index in [2.05, 4.69) is 17.4 Å². The topological polar surface area (TPSA) is 46.2 Å². The second-order valence-corrected chi connectivity index (χ2v) is 6.87. The summed E-state index contributed by atoms with van der Waals surface area (Å²) >= 11 is 0. The molecule has 4 heteroatoms. The van der Waals surface area contributed by atoms with Gasteiger partial charge in [-0.15, -0.1) is 0 Å². The first kappa shape index (κ1) is 12.4. The van der Waals surface area contributed by atoms with Gasteiger partial charge in [0.25, 0.3) is 0 Å². The molecule has 0 aliphatic carbocycles. The Morgan fingerprint density at radius 1 is 1.11 bits per heavy atom. The van der Waals surface area contributed by atoms with E-state index in [1.54, 1.807) is 18.2 Å². The fourth-order valence-corrected chi connectivity index (χ4v) is 3.20. The largest absolute Gasteiger partial charge is 0.302 e. The maximum absolute atomic E-state index is 11.6. The summed E-state index contributed by atoms with van der Waals surface area (Å²) in [6.07, 6.45) is 1.24. The molecule has 3 rings (SSSR count). The fourth-order valence-electron chi connectivity index (χ4n) is 2.52. The Morgan fingerprint density at radius 2 is 1.89 bits per heavy atom. The molecule has 1 heterocycles. The minimum atomic E-state index is -3.16. The predicted octanol–water partition coefficient (Wildman–Crippen LogP) is 2.28. The number of nitrogens with one attached hydrogen (secondary N) is 1. The summed E-state index contributed by atoms with van der Waals surface area (Å²) in [4.78, 5) is 0.371. The van der Waals surface area contributed by atoms with Crippen LogP contribution in [-0.4, -0.2) is 14.7 Å². The van der Waals surface area contributed by atoms with Crippen LogP contribution in [0.25, 0.3) is 0 Å². The molecular weight excluding hydrogens is 258 g/mol. The lowest BCUT2D eigenvalue weighted by Gasteiger charge is -2.13. The first-order valence-corrected chi connectivity index (χ1v) is 8.06. The summed E-state index contributed by atoms with van der Waals surface area (Å²) in [6, 6.07) is 15.5. The molecule has 1 aliphatic rings. The summed E-state index contributed by atoms with van der Waals surface area (Å²) in [5.74, 6) is 0. The molecule has 1 aliphatic heterocycles. The Bertz CT molecular complexity index is 722. The standard InChI is InChI=1S/C15H15NO2S/c1-19(17,18)13-7-4-6-11(9-13)15-14-8-3-2-5-12(14)10-16-15/h2-9,15-16H,10H2,1H3. The van der Waals surface area contributed by atoms with Gasteiger partial charge in [-0.3, -0.25) is 0 Å². The first-order valence-electron chi connectivity index (χ1n) is 6.17. The van der Waals surface area contributed by atoms with Gasteiger partial charge in [-0.2, -0.15) is 0 Å². The fraction of sp³-hybridized carbons (Fsp3) is 0.200. The van der Waals surface area contributed by atoms with Crippen LogP contribution in [0.4, 0.5) is 0 Å². The Hall–Kier alpha value is -1.65.